The number of aromatic amines is 1. The minimum Gasteiger partial charge on any atom is -0.396 e. The quantitative estimate of drug-likeness (QED) is 0.806. The first kappa shape index (κ1) is 13.0. The van der Waals surface area contributed by atoms with Crippen molar-refractivity contribution in [1.29, 1.82) is 0 Å². The summed E-state index contributed by atoms with van der Waals surface area (Å²) in [6.45, 7) is 5.00. The molecule has 0 spiro atoms. The van der Waals surface area contributed by atoms with Crippen molar-refractivity contribution in [2.24, 2.45) is 0 Å². The second kappa shape index (κ2) is 5.49. The van der Waals surface area contributed by atoms with Crippen LogP contribution in [-0.4, -0.2) is 44.5 Å². The standard InChI is InChI=1S/C11H16ClN5O/c1-7(2)17(4-3-5-18)10-8-6-13-16-9(8)14-11(12)15-10/h6-7,18H,3-5H2,1-2H3,(H,13,14,15,16). The zero-order valence-electron chi connectivity index (χ0n) is 10.4. The molecule has 18 heavy (non-hydrogen) atoms. The van der Waals surface area contributed by atoms with E-state index >= 15 is 0 Å². The number of aliphatic hydroxyl groups is 1. The van der Waals surface area contributed by atoms with E-state index in [-0.39, 0.29) is 17.9 Å². The first-order valence-corrected chi connectivity index (χ1v) is 6.25. The largest absolute Gasteiger partial charge is 0.396 e. The SMILES string of the molecule is CC(C)N(CCCO)c1nc(Cl)nc2[nH]ncc12. The molecule has 0 amide bonds. The highest BCUT2D eigenvalue weighted by atomic mass is 35.5. The second-order valence-electron chi connectivity index (χ2n) is 4.31. The molecule has 0 saturated carbocycles. The smallest absolute Gasteiger partial charge is 0.226 e. The Hall–Kier alpha value is -1.40. The number of hydrogen-bond acceptors (Lipinski definition) is 5. The maximum atomic E-state index is 8.97. The van der Waals surface area contributed by atoms with Crippen molar-refractivity contribution >= 4 is 28.5 Å². The van der Waals surface area contributed by atoms with Gasteiger partial charge in [-0.25, -0.2) is 0 Å². The van der Waals surface area contributed by atoms with Gasteiger partial charge in [0.05, 0.1) is 11.6 Å². The van der Waals surface area contributed by atoms with Crippen LogP contribution < -0.4 is 4.90 Å². The highest BCUT2D eigenvalue weighted by Crippen LogP contribution is 2.25. The van der Waals surface area contributed by atoms with Gasteiger partial charge in [0.1, 0.15) is 5.82 Å². The van der Waals surface area contributed by atoms with Crippen molar-refractivity contribution < 1.29 is 5.11 Å². The molecule has 0 bridgehead atoms. The Bertz CT molecular complexity index is 527. The molecule has 7 heteroatoms. The van der Waals surface area contributed by atoms with Crippen LogP contribution in [0.2, 0.25) is 5.28 Å². The number of halogens is 1. The van der Waals surface area contributed by atoms with Crippen molar-refractivity contribution in [2.75, 3.05) is 18.1 Å². The lowest BCUT2D eigenvalue weighted by molar-refractivity contribution is 0.288. The number of hydrogen-bond donors (Lipinski definition) is 2. The van der Waals surface area contributed by atoms with E-state index in [4.69, 9.17) is 16.7 Å². The van der Waals surface area contributed by atoms with E-state index in [1.54, 1.807) is 6.20 Å². The van der Waals surface area contributed by atoms with Gasteiger partial charge in [0.25, 0.3) is 0 Å². The Kier molecular flexibility index (Phi) is 3.98. The molecule has 0 radical (unpaired) electrons. The highest BCUT2D eigenvalue weighted by molar-refractivity contribution is 6.28. The van der Waals surface area contributed by atoms with E-state index in [2.05, 4.69) is 38.9 Å². The van der Waals surface area contributed by atoms with Crippen LogP contribution in [0.5, 0.6) is 0 Å². The van der Waals surface area contributed by atoms with Crippen molar-refractivity contribution in [3.63, 3.8) is 0 Å². The van der Waals surface area contributed by atoms with Crippen LogP contribution in [0.15, 0.2) is 6.20 Å². The molecule has 0 aliphatic rings. The molecule has 6 nitrogen and oxygen atoms in total. The number of nitrogens with one attached hydrogen (secondary N) is 1. The minimum absolute atomic E-state index is 0.149. The topological polar surface area (TPSA) is 77.9 Å². The molecule has 0 saturated heterocycles. The van der Waals surface area contributed by atoms with Gasteiger partial charge in [-0.1, -0.05) is 0 Å². The van der Waals surface area contributed by atoms with Crippen molar-refractivity contribution in [3.05, 3.63) is 11.5 Å². The number of rotatable bonds is 5. The molecule has 2 aromatic heterocycles. The fourth-order valence-electron chi connectivity index (χ4n) is 1.86. The summed E-state index contributed by atoms with van der Waals surface area (Å²) < 4.78 is 0. The van der Waals surface area contributed by atoms with Crippen molar-refractivity contribution in [3.8, 4) is 0 Å². The average molecular weight is 270 g/mol. The van der Waals surface area contributed by atoms with Gasteiger partial charge in [-0.2, -0.15) is 15.1 Å². The van der Waals surface area contributed by atoms with E-state index in [1.807, 2.05) is 0 Å². The number of aromatic nitrogens is 4. The number of nitrogens with zero attached hydrogens (tertiary/aromatic N) is 4. The third-order valence-corrected chi connectivity index (χ3v) is 2.88. The average Bonchev–Trinajstić information content (AvgIpc) is 2.76. The summed E-state index contributed by atoms with van der Waals surface area (Å²) in [4.78, 5) is 10.5. The lowest BCUT2D eigenvalue weighted by Gasteiger charge is -2.28. The normalized spacial score (nSPS) is 11.4. The highest BCUT2D eigenvalue weighted by Gasteiger charge is 2.17. The van der Waals surface area contributed by atoms with Crippen LogP contribution in [0.3, 0.4) is 0 Å². The Morgan fingerprint density at radius 3 is 2.89 bits per heavy atom. The number of fused-ring (bicyclic) bond motifs is 1. The molecule has 0 fully saturated rings. The van der Waals surface area contributed by atoms with Gasteiger partial charge in [-0.05, 0) is 31.9 Å². The van der Waals surface area contributed by atoms with E-state index in [9.17, 15) is 0 Å². The molecule has 2 rings (SSSR count). The molecule has 0 aliphatic heterocycles. The number of anilines is 1. The summed E-state index contributed by atoms with van der Waals surface area (Å²) in [5, 5.41) is 16.7. The van der Waals surface area contributed by atoms with Crippen LogP contribution in [0.1, 0.15) is 20.3 Å². The zero-order chi connectivity index (χ0) is 13.1. The van der Waals surface area contributed by atoms with E-state index in [0.29, 0.717) is 18.6 Å². The fraction of sp³-hybridized carbons (Fsp3) is 0.545. The fourth-order valence-corrected chi connectivity index (χ4v) is 2.03. The van der Waals surface area contributed by atoms with Crippen LogP contribution >= 0.6 is 11.6 Å². The Labute approximate surface area is 110 Å². The van der Waals surface area contributed by atoms with Gasteiger partial charge in [-0.3, -0.25) is 5.10 Å². The van der Waals surface area contributed by atoms with E-state index in [1.165, 1.54) is 0 Å². The van der Waals surface area contributed by atoms with Gasteiger partial charge >= 0.3 is 0 Å². The number of H-pyrrole nitrogens is 1. The lowest BCUT2D eigenvalue weighted by Crippen LogP contribution is -2.33. The molecule has 0 aromatic carbocycles. The van der Waals surface area contributed by atoms with Crippen LogP contribution in [-0.2, 0) is 0 Å². The van der Waals surface area contributed by atoms with Gasteiger partial charge in [-0.15, -0.1) is 0 Å². The first-order valence-electron chi connectivity index (χ1n) is 5.87. The summed E-state index contributed by atoms with van der Waals surface area (Å²) in [7, 11) is 0. The van der Waals surface area contributed by atoms with E-state index < -0.39 is 0 Å². The van der Waals surface area contributed by atoms with Crippen molar-refractivity contribution in [2.45, 2.75) is 26.3 Å². The van der Waals surface area contributed by atoms with Gasteiger partial charge in [0.2, 0.25) is 5.28 Å². The maximum Gasteiger partial charge on any atom is 0.226 e. The van der Waals surface area contributed by atoms with Gasteiger partial charge < -0.3 is 10.0 Å². The Morgan fingerprint density at radius 1 is 1.44 bits per heavy atom. The summed E-state index contributed by atoms with van der Waals surface area (Å²) in [6, 6.07) is 0.251. The zero-order valence-corrected chi connectivity index (χ0v) is 11.1. The third-order valence-electron chi connectivity index (χ3n) is 2.71. The molecular formula is C11H16ClN5O. The summed E-state index contributed by atoms with van der Waals surface area (Å²) >= 11 is 5.92. The minimum atomic E-state index is 0.149. The predicted molar refractivity (Wildman–Crippen MR) is 70.9 cm³/mol. The Morgan fingerprint density at radius 2 is 2.22 bits per heavy atom. The summed E-state index contributed by atoms with van der Waals surface area (Å²) in [5.41, 5.74) is 0.625. The predicted octanol–water partition coefficient (Wildman–Crippen LogP) is 1.60. The van der Waals surface area contributed by atoms with Crippen LogP contribution in [0.4, 0.5) is 5.82 Å². The Balaban J connectivity index is 2.45. The lowest BCUT2D eigenvalue weighted by atomic mass is 10.2. The van der Waals surface area contributed by atoms with Crippen LogP contribution in [0.25, 0.3) is 11.0 Å². The van der Waals surface area contributed by atoms with E-state index in [0.717, 1.165) is 11.2 Å². The van der Waals surface area contributed by atoms with Gasteiger partial charge in [0.15, 0.2) is 5.65 Å². The molecule has 98 valence electrons. The maximum absolute atomic E-state index is 8.97. The van der Waals surface area contributed by atoms with Gasteiger partial charge in [0, 0.05) is 19.2 Å². The monoisotopic (exact) mass is 269 g/mol. The molecular weight excluding hydrogens is 254 g/mol. The van der Waals surface area contributed by atoms with Crippen molar-refractivity contribution in [1.82, 2.24) is 20.2 Å². The molecule has 0 aliphatic carbocycles. The molecule has 2 aromatic rings. The molecule has 0 atom stereocenters. The summed E-state index contributed by atoms with van der Waals surface area (Å²) in [5.74, 6) is 0.752. The molecule has 2 heterocycles. The number of aliphatic hydroxyl groups excluding tert-OH is 1. The van der Waals surface area contributed by atoms with Crippen LogP contribution in [0, 0.1) is 0 Å². The molecule has 2 N–H and O–H groups in total. The second-order valence-corrected chi connectivity index (χ2v) is 4.65. The first-order chi connectivity index (χ1) is 8.63. The summed E-state index contributed by atoms with van der Waals surface area (Å²) in [6.07, 6.45) is 2.37. The third kappa shape index (κ3) is 2.54. The molecule has 0 unspecified atom stereocenters.